The van der Waals surface area contributed by atoms with Crippen LogP contribution in [-0.4, -0.2) is 22.4 Å². The van der Waals surface area contributed by atoms with Crippen LogP contribution in [0.5, 0.6) is 5.75 Å². The number of benzene rings is 2. The zero-order valence-corrected chi connectivity index (χ0v) is 13.3. The normalized spacial score (nSPS) is 10.6. The Hall–Kier alpha value is -3.48. The molecule has 0 aliphatic carbocycles. The number of hydrogen-bond donors (Lipinski definition) is 0. The number of nitro groups is 1. The molecule has 1 aromatic heterocycles. The number of Topliss-reactive ketones (excluding diaryl/α,β-unsaturated/α-hetero) is 1. The first-order chi connectivity index (χ1) is 12.0. The summed E-state index contributed by atoms with van der Waals surface area (Å²) >= 11 is 0. The average Bonchev–Trinajstić information content (AvgIpc) is 2.63. The molecule has 2 aromatic carbocycles. The van der Waals surface area contributed by atoms with E-state index in [4.69, 9.17) is 4.74 Å². The molecule has 0 aliphatic heterocycles. The van der Waals surface area contributed by atoms with Crippen molar-refractivity contribution >= 4 is 22.4 Å². The third-order valence-electron chi connectivity index (χ3n) is 3.88. The van der Waals surface area contributed by atoms with Crippen molar-refractivity contribution in [3.8, 4) is 5.75 Å². The fourth-order valence-corrected chi connectivity index (χ4v) is 2.60. The number of fused-ring (bicyclic) bond motifs is 1. The molecule has 3 aromatic rings. The first-order valence-corrected chi connectivity index (χ1v) is 7.45. The molecular formula is C18H14N2O5. The SMILES string of the molecule is COc1cccc(C(=O)Cn2c(=O)ccc3cc([N+](=O)[O-])ccc32)c1. The van der Waals surface area contributed by atoms with Gasteiger partial charge in [0.2, 0.25) is 0 Å². The standard InChI is InChI=1S/C18H14N2O5/c1-25-15-4-2-3-13(10-15)17(21)11-19-16-7-6-14(20(23)24)9-12(16)5-8-18(19)22/h2-10H,11H2,1H3. The molecule has 3 rings (SSSR count). The summed E-state index contributed by atoms with van der Waals surface area (Å²) in [6.07, 6.45) is 0. The van der Waals surface area contributed by atoms with Crippen LogP contribution in [0.15, 0.2) is 59.4 Å². The predicted molar refractivity (Wildman–Crippen MR) is 92.2 cm³/mol. The van der Waals surface area contributed by atoms with Gasteiger partial charge in [0.1, 0.15) is 5.75 Å². The number of methoxy groups -OCH3 is 1. The van der Waals surface area contributed by atoms with Gasteiger partial charge in [-0.25, -0.2) is 0 Å². The second kappa shape index (κ2) is 6.56. The van der Waals surface area contributed by atoms with E-state index < -0.39 is 4.92 Å². The molecule has 0 bridgehead atoms. The van der Waals surface area contributed by atoms with Gasteiger partial charge in [0.15, 0.2) is 5.78 Å². The molecule has 0 unspecified atom stereocenters. The Kier molecular flexibility index (Phi) is 4.30. The molecule has 25 heavy (non-hydrogen) atoms. The van der Waals surface area contributed by atoms with E-state index >= 15 is 0 Å². The summed E-state index contributed by atoms with van der Waals surface area (Å²) in [6.45, 7) is -0.166. The van der Waals surface area contributed by atoms with Crippen molar-refractivity contribution in [2.75, 3.05) is 7.11 Å². The number of rotatable bonds is 5. The zero-order valence-electron chi connectivity index (χ0n) is 13.3. The van der Waals surface area contributed by atoms with E-state index in [9.17, 15) is 19.7 Å². The molecule has 0 aliphatic rings. The fourth-order valence-electron chi connectivity index (χ4n) is 2.60. The Bertz CT molecular complexity index is 1040. The van der Waals surface area contributed by atoms with Crippen LogP contribution in [0, 0.1) is 10.1 Å². The van der Waals surface area contributed by atoms with Crippen molar-refractivity contribution in [1.82, 2.24) is 4.57 Å². The molecule has 126 valence electrons. The highest BCUT2D eigenvalue weighted by atomic mass is 16.6. The van der Waals surface area contributed by atoms with Gasteiger partial charge in [-0.05, 0) is 24.3 Å². The Labute approximate surface area is 142 Å². The molecule has 7 nitrogen and oxygen atoms in total. The van der Waals surface area contributed by atoms with E-state index in [-0.39, 0.29) is 23.6 Å². The molecule has 7 heteroatoms. The number of carbonyl (C=O) groups excluding carboxylic acids is 1. The van der Waals surface area contributed by atoms with Crippen LogP contribution in [-0.2, 0) is 6.54 Å². The third-order valence-corrected chi connectivity index (χ3v) is 3.88. The van der Waals surface area contributed by atoms with Crippen molar-refractivity contribution in [2.45, 2.75) is 6.54 Å². The van der Waals surface area contributed by atoms with Crippen LogP contribution in [0.4, 0.5) is 5.69 Å². The van der Waals surface area contributed by atoms with Crippen LogP contribution in [0.2, 0.25) is 0 Å². The van der Waals surface area contributed by atoms with Crippen LogP contribution < -0.4 is 10.3 Å². The van der Waals surface area contributed by atoms with Crippen LogP contribution in [0.25, 0.3) is 10.9 Å². The molecule has 0 atom stereocenters. The van der Waals surface area contributed by atoms with Gasteiger partial charge < -0.3 is 9.30 Å². The van der Waals surface area contributed by atoms with E-state index in [2.05, 4.69) is 0 Å². The number of nitro benzene ring substituents is 1. The Morgan fingerprint density at radius 3 is 2.68 bits per heavy atom. The number of ketones is 1. The van der Waals surface area contributed by atoms with Crippen molar-refractivity contribution < 1.29 is 14.5 Å². The summed E-state index contributed by atoms with van der Waals surface area (Å²) in [6, 6.07) is 13.6. The maximum atomic E-state index is 12.5. The van der Waals surface area contributed by atoms with Crippen LogP contribution >= 0.6 is 0 Å². The minimum absolute atomic E-state index is 0.0724. The van der Waals surface area contributed by atoms with Gasteiger partial charge in [-0.15, -0.1) is 0 Å². The van der Waals surface area contributed by atoms with Crippen LogP contribution in [0.3, 0.4) is 0 Å². The predicted octanol–water partition coefficient (Wildman–Crippen LogP) is 2.80. The summed E-state index contributed by atoms with van der Waals surface area (Å²) in [5.41, 5.74) is 0.467. The highest BCUT2D eigenvalue weighted by molar-refractivity contribution is 5.97. The van der Waals surface area contributed by atoms with E-state index in [1.54, 1.807) is 24.3 Å². The van der Waals surface area contributed by atoms with Gasteiger partial charge in [-0.3, -0.25) is 19.7 Å². The maximum absolute atomic E-state index is 12.5. The van der Waals surface area contributed by atoms with Gasteiger partial charge in [-0.1, -0.05) is 12.1 Å². The highest BCUT2D eigenvalue weighted by Crippen LogP contribution is 2.20. The first kappa shape index (κ1) is 16.4. The maximum Gasteiger partial charge on any atom is 0.270 e. The Balaban J connectivity index is 2.02. The molecule has 0 N–H and O–H groups in total. The Morgan fingerprint density at radius 2 is 1.96 bits per heavy atom. The quantitative estimate of drug-likeness (QED) is 0.405. The molecule has 0 fully saturated rings. The molecule has 0 radical (unpaired) electrons. The van der Waals surface area contributed by atoms with Gasteiger partial charge in [-0.2, -0.15) is 0 Å². The third kappa shape index (κ3) is 3.25. The number of aromatic nitrogens is 1. The van der Waals surface area contributed by atoms with Crippen molar-refractivity contribution in [2.24, 2.45) is 0 Å². The molecule has 1 heterocycles. The molecular weight excluding hydrogens is 324 g/mol. The first-order valence-electron chi connectivity index (χ1n) is 7.45. The van der Waals surface area contributed by atoms with Crippen molar-refractivity contribution in [1.29, 1.82) is 0 Å². The minimum atomic E-state index is -0.504. The number of nitrogens with zero attached hydrogens (tertiary/aromatic N) is 2. The van der Waals surface area contributed by atoms with Crippen LogP contribution in [0.1, 0.15) is 10.4 Å². The lowest BCUT2D eigenvalue weighted by Crippen LogP contribution is -2.23. The lowest BCUT2D eigenvalue weighted by Gasteiger charge is -2.10. The minimum Gasteiger partial charge on any atom is -0.497 e. The lowest BCUT2D eigenvalue weighted by atomic mass is 10.1. The molecule has 0 spiro atoms. The second-order valence-electron chi connectivity index (χ2n) is 5.41. The van der Waals surface area contributed by atoms with Gasteiger partial charge >= 0.3 is 0 Å². The molecule has 0 saturated carbocycles. The van der Waals surface area contributed by atoms with Crippen molar-refractivity contribution in [3.05, 3.63) is 80.6 Å². The summed E-state index contributed by atoms with van der Waals surface area (Å²) in [7, 11) is 1.51. The lowest BCUT2D eigenvalue weighted by molar-refractivity contribution is -0.384. The smallest absolute Gasteiger partial charge is 0.270 e. The number of non-ortho nitro benzene ring substituents is 1. The summed E-state index contributed by atoms with van der Waals surface area (Å²) in [5.74, 6) is 0.290. The highest BCUT2D eigenvalue weighted by Gasteiger charge is 2.13. The van der Waals surface area contributed by atoms with Gasteiger partial charge in [0.05, 0.1) is 24.1 Å². The number of hydrogen-bond acceptors (Lipinski definition) is 5. The monoisotopic (exact) mass is 338 g/mol. The van der Waals surface area contributed by atoms with E-state index in [1.807, 2.05) is 0 Å². The van der Waals surface area contributed by atoms with Gasteiger partial charge in [0.25, 0.3) is 11.2 Å². The zero-order chi connectivity index (χ0) is 18.0. The average molecular weight is 338 g/mol. The number of ether oxygens (including phenoxy) is 1. The second-order valence-corrected chi connectivity index (χ2v) is 5.41. The number of carbonyl (C=O) groups is 1. The topological polar surface area (TPSA) is 91.4 Å². The van der Waals surface area contributed by atoms with E-state index in [0.29, 0.717) is 22.2 Å². The largest absolute Gasteiger partial charge is 0.497 e. The van der Waals surface area contributed by atoms with Crippen molar-refractivity contribution in [3.63, 3.8) is 0 Å². The summed E-state index contributed by atoms with van der Waals surface area (Å²) in [5, 5.41) is 11.4. The van der Waals surface area contributed by atoms with Gasteiger partial charge in [0, 0.05) is 29.1 Å². The fraction of sp³-hybridized carbons (Fsp3) is 0.111. The summed E-state index contributed by atoms with van der Waals surface area (Å²) < 4.78 is 6.41. The Morgan fingerprint density at radius 1 is 1.16 bits per heavy atom. The molecule has 0 amide bonds. The number of pyridine rings is 1. The van der Waals surface area contributed by atoms with E-state index in [0.717, 1.165) is 0 Å². The van der Waals surface area contributed by atoms with E-state index in [1.165, 1.54) is 42.0 Å². The molecule has 0 saturated heterocycles. The summed E-state index contributed by atoms with van der Waals surface area (Å²) in [4.78, 5) is 35.1.